The molecular weight excluding hydrogens is 600 g/mol. The Bertz CT molecular complexity index is 1720. The average Bonchev–Trinajstić information content (AvgIpc) is 3.56. The first-order valence-electron chi connectivity index (χ1n) is 14.1. The van der Waals surface area contributed by atoms with E-state index in [2.05, 4.69) is 43.5 Å². The van der Waals surface area contributed by atoms with Crippen LogP contribution in [-0.2, 0) is 23.0 Å². The Kier molecular flexibility index (Phi) is 8.20. The topological polar surface area (TPSA) is 94.2 Å². The zero-order chi connectivity index (χ0) is 28.2. The van der Waals surface area contributed by atoms with Gasteiger partial charge in [-0.25, -0.2) is 17.4 Å². The summed E-state index contributed by atoms with van der Waals surface area (Å²) in [6.07, 6.45) is 14.3. The predicted molar refractivity (Wildman–Crippen MR) is 163 cm³/mol. The van der Waals surface area contributed by atoms with Crippen molar-refractivity contribution in [2.24, 2.45) is 5.92 Å². The van der Waals surface area contributed by atoms with Crippen molar-refractivity contribution in [3.05, 3.63) is 107 Å². The molecule has 1 aromatic carbocycles. The van der Waals surface area contributed by atoms with Crippen LogP contribution >= 0.6 is 15.9 Å². The molecule has 0 radical (unpaired) electrons. The Balaban J connectivity index is 1.13. The van der Waals surface area contributed by atoms with Gasteiger partial charge in [-0.05, 0) is 89.8 Å². The molecule has 1 N–H and O–H groups in total. The zero-order valence-electron chi connectivity index (χ0n) is 22.7. The van der Waals surface area contributed by atoms with Crippen molar-refractivity contribution in [3.63, 3.8) is 0 Å². The van der Waals surface area contributed by atoms with E-state index in [1.54, 1.807) is 42.9 Å². The monoisotopic (exact) mass is 632 g/mol. The summed E-state index contributed by atoms with van der Waals surface area (Å²) in [5.41, 5.74) is 3.86. The van der Waals surface area contributed by atoms with Crippen LogP contribution in [0.4, 0.5) is 5.82 Å². The molecule has 4 aromatic heterocycles. The number of fused-ring (bicyclic) bond motifs is 1. The van der Waals surface area contributed by atoms with Gasteiger partial charge in [0.2, 0.25) is 0 Å². The van der Waals surface area contributed by atoms with E-state index < -0.39 is 10.0 Å². The highest BCUT2D eigenvalue weighted by Crippen LogP contribution is 2.37. The summed E-state index contributed by atoms with van der Waals surface area (Å²) in [7, 11) is -3.59. The van der Waals surface area contributed by atoms with E-state index in [-0.39, 0.29) is 0 Å². The van der Waals surface area contributed by atoms with Crippen molar-refractivity contribution in [2.75, 3.05) is 5.32 Å². The van der Waals surface area contributed by atoms with Gasteiger partial charge in [0.1, 0.15) is 5.82 Å². The summed E-state index contributed by atoms with van der Waals surface area (Å²) >= 11 is 3.63. The van der Waals surface area contributed by atoms with Crippen LogP contribution in [0, 0.1) is 5.92 Å². The van der Waals surface area contributed by atoms with Gasteiger partial charge in [-0.2, -0.15) is 9.61 Å². The lowest BCUT2D eigenvalue weighted by Gasteiger charge is -2.18. The third kappa shape index (κ3) is 6.08. The quantitative estimate of drug-likeness (QED) is 0.179. The van der Waals surface area contributed by atoms with Gasteiger partial charge in [0.05, 0.1) is 15.6 Å². The molecule has 41 heavy (non-hydrogen) atoms. The molecule has 2 unspecified atom stereocenters. The van der Waals surface area contributed by atoms with Crippen molar-refractivity contribution in [3.8, 4) is 0 Å². The van der Waals surface area contributed by atoms with E-state index in [0.29, 0.717) is 23.3 Å². The molecule has 10 heteroatoms. The minimum Gasteiger partial charge on any atom is -0.366 e. The number of hydrogen-bond donors (Lipinski definition) is 1. The highest BCUT2D eigenvalue weighted by atomic mass is 79.9. The third-order valence-electron chi connectivity index (χ3n) is 8.05. The molecule has 1 aliphatic rings. The minimum atomic E-state index is -3.59. The molecule has 0 saturated heterocycles. The maximum Gasteiger partial charge on any atom is 0.267 e. The first-order chi connectivity index (χ1) is 20.0. The van der Waals surface area contributed by atoms with Crippen LogP contribution in [0.2, 0.25) is 0 Å². The van der Waals surface area contributed by atoms with Crippen molar-refractivity contribution in [2.45, 2.75) is 62.3 Å². The van der Waals surface area contributed by atoms with Crippen LogP contribution in [0.1, 0.15) is 61.4 Å². The minimum absolute atomic E-state index is 0.318. The van der Waals surface area contributed by atoms with Gasteiger partial charge in [-0.1, -0.05) is 37.1 Å². The molecule has 6 rings (SSSR count). The molecule has 0 aliphatic heterocycles. The van der Waals surface area contributed by atoms with E-state index in [1.807, 2.05) is 35.0 Å². The van der Waals surface area contributed by atoms with Crippen LogP contribution in [0.5, 0.6) is 0 Å². The normalized spacial score (nSPS) is 17.9. The Morgan fingerprint density at radius 1 is 0.976 bits per heavy atom. The van der Waals surface area contributed by atoms with E-state index >= 15 is 0 Å². The molecule has 1 fully saturated rings. The summed E-state index contributed by atoms with van der Waals surface area (Å²) in [5.74, 6) is 1.84. The molecule has 5 aromatic rings. The molecular formula is C31H33BrN6O2S. The van der Waals surface area contributed by atoms with Crippen molar-refractivity contribution in [1.82, 2.24) is 23.6 Å². The summed E-state index contributed by atoms with van der Waals surface area (Å²) in [4.78, 5) is 9.56. The second-order valence-electron chi connectivity index (χ2n) is 10.7. The van der Waals surface area contributed by atoms with Gasteiger partial charge in [0.25, 0.3) is 10.0 Å². The van der Waals surface area contributed by atoms with Gasteiger partial charge in [-0.3, -0.25) is 4.98 Å². The number of benzene rings is 1. The number of halogens is 1. The average molecular weight is 634 g/mol. The first-order valence-corrected chi connectivity index (χ1v) is 16.4. The molecule has 0 spiro atoms. The van der Waals surface area contributed by atoms with Crippen LogP contribution in [0.3, 0.4) is 0 Å². The van der Waals surface area contributed by atoms with E-state index in [9.17, 15) is 8.42 Å². The Morgan fingerprint density at radius 3 is 2.68 bits per heavy atom. The second-order valence-corrected chi connectivity index (χ2v) is 13.4. The van der Waals surface area contributed by atoms with Gasteiger partial charge < -0.3 is 5.32 Å². The first kappa shape index (κ1) is 27.7. The van der Waals surface area contributed by atoms with Gasteiger partial charge >= 0.3 is 0 Å². The smallest absolute Gasteiger partial charge is 0.267 e. The molecule has 8 nitrogen and oxygen atoms in total. The number of hydrogen-bond acceptors (Lipinski definition) is 6. The van der Waals surface area contributed by atoms with Crippen LogP contribution in [0.15, 0.2) is 94.8 Å². The molecule has 212 valence electrons. The van der Waals surface area contributed by atoms with Gasteiger partial charge in [0, 0.05) is 48.5 Å². The fourth-order valence-electron chi connectivity index (χ4n) is 5.84. The largest absolute Gasteiger partial charge is 0.366 e. The summed E-state index contributed by atoms with van der Waals surface area (Å²) in [6, 6.07) is 18.6. The lowest BCUT2D eigenvalue weighted by Crippen LogP contribution is -2.15. The molecule has 2 atom stereocenters. The number of aromatic nitrogens is 5. The van der Waals surface area contributed by atoms with Crippen molar-refractivity contribution in [1.29, 1.82) is 0 Å². The Labute approximate surface area is 249 Å². The number of anilines is 1. The van der Waals surface area contributed by atoms with E-state index in [1.165, 1.54) is 3.97 Å². The Morgan fingerprint density at radius 2 is 1.85 bits per heavy atom. The lowest BCUT2D eigenvalue weighted by molar-refractivity contribution is 0.423. The van der Waals surface area contributed by atoms with Crippen LogP contribution in [0.25, 0.3) is 5.65 Å². The number of rotatable bonds is 9. The second kappa shape index (κ2) is 12.2. The van der Waals surface area contributed by atoms with Crippen molar-refractivity contribution < 1.29 is 8.42 Å². The highest BCUT2D eigenvalue weighted by molar-refractivity contribution is 9.10. The SMILES string of the molecule is O=S(=O)(c1ccccc1)n1cccc1CCC1CCCC(c2cc(NCc3cccnc3)n3ncc(Br)c3n2)CC1. The standard InChI is InChI=1S/C31H33BrN6O2S/c32-28-22-35-38-30(34-21-24-8-5-17-33-20-24)19-29(36-31(28)38)25-9-4-7-23(13-15-25)14-16-26-10-6-18-37(26)41(39,40)27-11-2-1-3-12-27/h1-3,5-6,8,10-12,17-20,22-23,25,34H,4,7,9,13-16,21H2. The fraction of sp³-hybridized carbons (Fsp3) is 0.323. The highest BCUT2D eigenvalue weighted by Gasteiger charge is 2.24. The molecule has 0 bridgehead atoms. The number of aryl methyl sites for hydroxylation is 1. The summed E-state index contributed by atoms with van der Waals surface area (Å²) in [6.45, 7) is 0.651. The third-order valence-corrected chi connectivity index (χ3v) is 10.4. The zero-order valence-corrected chi connectivity index (χ0v) is 25.1. The maximum atomic E-state index is 13.2. The number of nitrogens with one attached hydrogen (secondary N) is 1. The molecule has 0 amide bonds. The maximum absolute atomic E-state index is 13.2. The Hall–Kier alpha value is -3.50. The van der Waals surface area contributed by atoms with E-state index in [4.69, 9.17) is 4.98 Å². The summed E-state index contributed by atoms with van der Waals surface area (Å²) < 4.78 is 30.6. The summed E-state index contributed by atoms with van der Waals surface area (Å²) in [5, 5.41) is 8.06. The van der Waals surface area contributed by atoms with Crippen LogP contribution in [-0.4, -0.2) is 32.0 Å². The van der Waals surface area contributed by atoms with E-state index in [0.717, 1.165) is 77.8 Å². The van der Waals surface area contributed by atoms with Gasteiger partial charge in [-0.15, -0.1) is 0 Å². The molecule has 4 heterocycles. The van der Waals surface area contributed by atoms with Crippen molar-refractivity contribution >= 4 is 37.4 Å². The van der Waals surface area contributed by atoms with Crippen LogP contribution < -0.4 is 5.32 Å². The number of nitrogens with zero attached hydrogens (tertiary/aromatic N) is 5. The molecule has 1 saturated carbocycles. The lowest BCUT2D eigenvalue weighted by atomic mass is 9.92. The predicted octanol–water partition coefficient (Wildman–Crippen LogP) is 6.83. The fourth-order valence-corrected chi connectivity index (χ4v) is 7.60. The van der Waals surface area contributed by atoms with Gasteiger partial charge in [0.15, 0.2) is 5.65 Å². The number of pyridine rings is 1. The molecule has 1 aliphatic carbocycles.